The van der Waals surface area contributed by atoms with Crippen molar-refractivity contribution in [2.45, 2.75) is 19.0 Å². The summed E-state index contributed by atoms with van der Waals surface area (Å²) in [6.07, 6.45) is 0.905. The third-order valence-electron chi connectivity index (χ3n) is 2.69. The Morgan fingerprint density at radius 2 is 2.14 bits per heavy atom. The van der Waals surface area contributed by atoms with Gasteiger partial charge in [0.2, 0.25) is 5.91 Å². The zero-order valence-corrected chi connectivity index (χ0v) is 8.02. The molecule has 2 N–H and O–H groups in total. The first-order chi connectivity index (χ1) is 6.77. The molecule has 1 aromatic carbocycles. The van der Waals surface area contributed by atoms with Crippen molar-refractivity contribution in [1.82, 2.24) is 4.90 Å². The Kier molecular flexibility index (Phi) is 2.50. The maximum Gasteiger partial charge on any atom is 0.234 e. The lowest BCUT2D eigenvalue weighted by Gasteiger charge is -2.38. The maximum atomic E-state index is 11.0. The number of benzene rings is 1. The monoisotopic (exact) mass is 190 g/mol. The van der Waals surface area contributed by atoms with Crippen molar-refractivity contribution in [2.75, 3.05) is 6.54 Å². The average Bonchev–Trinajstić information content (AvgIpc) is 2.13. The largest absolute Gasteiger partial charge is 0.368 e. The number of carbonyl (C=O) groups is 1. The topological polar surface area (TPSA) is 46.3 Å². The molecule has 1 heterocycles. The molecule has 1 aliphatic rings. The first-order valence-electron chi connectivity index (χ1n) is 4.84. The highest BCUT2D eigenvalue weighted by atomic mass is 16.1. The zero-order chi connectivity index (χ0) is 9.97. The van der Waals surface area contributed by atoms with E-state index in [4.69, 9.17) is 5.73 Å². The molecule has 74 valence electrons. The molecular formula is C11H14N2O. The maximum absolute atomic E-state index is 11.0. The van der Waals surface area contributed by atoms with E-state index in [9.17, 15) is 4.79 Å². The molecule has 1 saturated heterocycles. The third-order valence-corrected chi connectivity index (χ3v) is 2.69. The SMILES string of the molecule is NC(=O)[C@@H]1CCN1Cc1ccccc1. The minimum atomic E-state index is -0.202. The lowest BCUT2D eigenvalue weighted by atomic mass is 10.0. The Hall–Kier alpha value is -1.35. The van der Waals surface area contributed by atoms with Gasteiger partial charge in [-0.2, -0.15) is 0 Å². The molecule has 0 saturated carbocycles. The van der Waals surface area contributed by atoms with Crippen molar-refractivity contribution in [1.29, 1.82) is 0 Å². The summed E-state index contributed by atoms with van der Waals surface area (Å²) in [6, 6.07) is 10.1. The molecule has 1 aliphatic heterocycles. The Morgan fingerprint density at radius 3 is 2.64 bits per heavy atom. The molecular weight excluding hydrogens is 176 g/mol. The van der Waals surface area contributed by atoms with Crippen LogP contribution in [-0.2, 0) is 11.3 Å². The summed E-state index contributed by atoms with van der Waals surface area (Å²) < 4.78 is 0. The second-order valence-electron chi connectivity index (χ2n) is 3.66. The second-order valence-corrected chi connectivity index (χ2v) is 3.66. The number of likely N-dealkylation sites (tertiary alicyclic amines) is 1. The van der Waals surface area contributed by atoms with Crippen LogP contribution in [0.5, 0.6) is 0 Å². The van der Waals surface area contributed by atoms with Gasteiger partial charge in [0.15, 0.2) is 0 Å². The Morgan fingerprint density at radius 1 is 1.43 bits per heavy atom. The summed E-state index contributed by atoms with van der Waals surface area (Å²) in [7, 11) is 0. The van der Waals surface area contributed by atoms with Gasteiger partial charge in [-0.1, -0.05) is 30.3 Å². The van der Waals surface area contributed by atoms with E-state index in [1.807, 2.05) is 18.2 Å². The van der Waals surface area contributed by atoms with Gasteiger partial charge in [0, 0.05) is 13.1 Å². The fraction of sp³-hybridized carbons (Fsp3) is 0.364. The second kappa shape index (κ2) is 3.80. The smallest absolute Gasteiger partial charge is 0.234 e. The number of hydrogen-bond acceptors (Lipinski definition) is 2. The summed E-state index contributed by atoms with van der Waals surface area (Å²) in [6.45, 7) is 1.80. The van der Waals surface area contributed by atoms with Gasteiger partial charge in [0.25, 0.3) is 0 Å². The molecule has 0 spiro atoms. The average molecular weight is 190 g/mol. The highest BCUT2D eigenvalue weighted by Gasteiger charge is 2.31. The van der Waals surface area contributed by atoms with Crippen LogP contribution in [-0.4, -0.2) is 23.4 Å². The summed E-state index contributed by atoms with van der Waals surface area (Å²) in [4.78, 5) is 13.1. The predicted molar refractivity (Wildman–Crippen MR) is 54.5 cm³/mol. The zero-order valence-electron chi connectivity index (χ0n) is 8.02. The molecule has 0 unspecified atom stereocenters. The molecule has 14 heavy (non-hydrogen) atoms. The molecule has 2 rings (SSSR count). The fourth-order valence-corrected chi connectivity index (χ4v) is 1.77. The van der Waals surface area contributed by atoms with Crippen LogP contribution in [0.4, 0.5) is 0 Å². The molecule has 1 fully saturated rings. The van der Waals surface area contributed by atoms with Crippen LogP contribution >= 0.6 is 0 Å². The van der Waals surface area contributed by atoms with Gasteiger partial charge < -0.3 is 5.73 Å². The van der Waals surface area contributed by atoms with E-state index in [2.05, 4.69) is 17.0 Å². The van der Waals surface area contributed by atoms with Crippen LogP contribution in [0.2, 0.25) is 0 Å². The van der Waals surface area contributed by atoms with Crippen LogP contribution in [0.25, 0.3) is 0 Å². The van der Waals surface area contributed by atoms with Gasteiger partial charge in [0.1, 0.15) is 0 Å². The molecule has 0 bridgehead atoms. The highest BCUT2D eigenvalue weighted by molar-refractivity contribution is 5.80. The molecule has 3 nitrogen and oxygen atoms in total. The number of nitrogens with zero attached hydrogens (tertiary/aromatic N) is 1. The van der Waals surface area contributed by atoms with Crippen LogP contribution < -0.4 is 5.73 Å². The normalized spacial score (nSPS) is 21.6. The van der Waals surface area contributed by atoms with Crippen molar-refractivity contribution in [3.63, 3.8) is 0 Å². The molecule has 0 radical (unpaired) electrons. The van der Waals surface area contributed by atoms with Crippen LogP contribution in [0.1, 0.15) is 12.0 Å². The van der Waals surface area contributed by atoms with E-state index in [0.29, 0.717) is 0 Å². The Balaban J connectivity index is 1.96. The van der Waals surface area contributed by atoms with Crippen molar-refractivity contribution in [3.05, 3.63) is 35.9 Å². The minimum absolute atomic E-state index is 0.0461. The van der Waals surface area contributed by atoms with Crippen molar-refractivity contribution in [2.24, 2.45) is 5.73 Å². The molecule has 1 aromatic rings. The lowest BCUT2D eigenvalue weighted by molar-refractivity contribution is -0.127. The number of amides is 1. The molecule has 1 atom stereocenters. The quantitative estimate of drug-likeness (QED) is 0.764. The first kappa shape index (κ1) is 9.21. The van der Waals surface area contributed by atoms with Gasteiger partial charge in [0.05, 0.1) is 6.04 Å². The van der Waals surface area contributed by atoms with Crippen LogP contribution in [0.15, 0.2) is 30.3 Å². The number of carbonyl (C=O) groups excluding carboxylic acids is 1. The number of hydrogen-bond donors (Lipinski definition) is 1. The Labute approximate surface area is 83.5 Å². The van der Waals surface area contributed by atoms with Crippen molar-refractivity contribution in [3.8, 4) is 0 Å². The van der Waals surface area contributed by atoms with E-state index in [1.54, 1.807) is 0 Å². The summed E-state index contributed by atoms with van der Waals surface area (Å²) in [5, 5.41) is 0. The van der Waals surface area contributed by atoms with E-state index >= 15 is 0 Å². The van der Waals surface area contributed by atoms with Crippen LogP contribution in [0.3, 0.4) is 0 Å². The lowest BCUT2D eigenvalue weighted by Crippen LogP contribution is -2.54. The third kappa shape index (κ3) is 1.77. The fourth-order valence-electron chi connectivity index (χ4n) is 1.77. The minimum Gasteiger partial charge on any atom is -0.368 e. The van der Waals surface area contributed by atoms with Gasteiger partial charge in [-0.25, -0.2) is 0 Å². The van der Waals surface area contributed by atoms with Crippen LogP contribution in [0, 0.1) is 0 Å². The van der Waals surface area contributed by atoms with E-state index in [0.717, 1.165) is 19.5 Å². The van der Waals surface area contributed by atoms with E-state index in [-0.39, 0.29) is 11.9 Å². The number of primary amides is 1. The highest BCUT2D eigenvalue weighted by Crippen LogP contribution is 2.19. The van der Waals surface area contributed by atoms with Gasteiger partial charge in [-0.3, -0.25) is 9.69 Å². The molecule has 0 aromatic heterocycles. The molecule has 1 amide bonds. The van der Waals surface area contributed by atoms with Crippen molar-refractivity contribution >= 4 is 5.91 Å². The predicted octanol–water partition coefficient (Wildman–Crippen LogP) is 0.746. The van der Waals surface area contributed by atoms with Gasteiger partial charge >= 0.3 is 0 Å². The summed E-state index contributed by atoms with van der Waals surface area (Å²) >= 11 is 0. The van der Waals surface area contributed by atoms with Crippen molar-refractivity contribution < 1.29 is 4.79 Å². The van der Waals surface area contributed by atoms with E-state index < -0.39 is 0 Å². The summed E-state index contributed by atoms with van der Waals surface area (Å²) in [5.41, 5.74) is 6.50. The van der Waals surface area contributed by atoms with E-state index in [1.165, 1.54) is 5.56 Å². The number of nitrogens with two attached hydrogens (primary N) is 1. The standard InChI is InChI=1S/C11H14N2O/c12-11(14)10-6-7-13(10)8-9-4-2-1-3-5-9/h1-5,10H,6-8H2,(H2,12,14)/t10-/m0/s1. The Bertz CT molecular complexity index is 323. The van der Waals surface area contributed by atoms with Gasteiger partial charge in [-0.15, -0.1) is 0 Å². The summed E-state index contributed by atoms with van der Waals surface area (Å²) in [5.74, 6) is -0.202. The number of rotatable bonds is 3. The molecule has 0 aliphatic carbocycles. The molecule has 3 heteroatoms. The van der Waals surface area contributed by atoms with Gasteiger partial charge in [-0.05, 0) is 12.0 Å². The first-order valence-corrected chi connectivity index (χ1v) is 4.84.